The number of carbonyl (C=O) groups is 2. The van der Waals surface area contributed by atoms with Gasteiger partial charge in [0.2, 0.25) is 0 Å². The average molecular weight is 488 g/mol. The van der Waals surface area contributed by atoms with E-state index >= 15 is 0 Å². The summed E-state index contributed by atoms with van der Waals surface area (Å²) in [5.41, 5.74) is 0.977. The molecule has 3 aromatic rings. The molecule has 1 amide bonds. The maximum absolute atomic E-state index is 12.7. The molecule has 0 spiro atoms. The molecule has 1 heterocycles. The Morgan fingerprint density at radius 1 is 1.22 bits per heavy atom. The third-order valence-electron chi connectivity index (χ3n) is 3.59. The van der Waals surface area contributed by atoms with Gasteiger partial charge < -0.3 is 9.30 Å². The molecular formula is C18H13BrCl2N2O3S. The zero-order valence-electron chi connectivity index (χ0n) is 14.0. The summed E-state index contributed by atoms with van der Waals surface area (Å²) in [6.45, 7) is 1.96. The molecule has 0 aliphatic rings. The summed E-state index contributed by atoms with van der Waals surface area (Å²) < 4.78 is 8.45. The van der Waals surface area contributed by atoms with E-state index in [0.717, 1.165) is 14.7 Å². The summed E-state index contributed by atoms with van der Waals surface area (Å²) in [6.07, 6.45) is 0. The minimum Gasteiger partial charge on any atom is -0.465 e. The average Bonchev–Trinajstić information content (AvgIpc) is 2.93. The predicted octanol–water partition coefficient (Wildman–Crippen LogP) is 5.08. The minimum atomic E-state index is -0.536. The maximum atomic E-state index is 12.7. The van der Waals surface area contributed by atoms with Crippen LogP contribution >= 0.6 is 50.5 Å². The molecule has 0 saturated heterocycles. The lowest BCUT2D eigenvalue weighted by molar-refractivity contribution is -0.143. The quantitative estimate of drug-likeness (QED) is 0.482. The van der Waals surface area contributed by atoms with Gasteiger partial charge in [-0.25, -0.2) is 0 Å². The molecule has 0 N–H and O–H groups in total. The molecule has 0 atom stereocenters. The van der Waals surface area contributed by atoms with Crippen LogP contribution < -0.4 is 4.80 Å². The van der Waals surface area contributed by atoms with Crippen molar-refractivity contribution in [3.05, 3.63) is 61.3 Å². The molecule has 0 aliphatic carbocycles. The first-order valence-electron chi connectivity index (χ1n) is 7.87. The Hall–Kier alpha value is -1.67. The summed E-state index contributed by atoms with van der Waals surface area (Å²) in [7, 11) is 0. The second-order valence-electron chi connectivity index (χ2n) is 5.43. The van der Waals surface area contributed by atoms with Gasteiger partial charge in [-0.3, -0.25) is 9.59 Å². The Labute approximate surface area is 177 Å². The van der Waals surface area contributed by atoms with Gasteiger partial charge >= 0.3 is 5.97 Å². The fraction of sp³-hybridized carbons (Fsp3) is 0.167. The van der Waals surface area contributed by atoms with Crippen molar-refractivity contribution in [2.24, 2.45) is 4.99 Å². The van der Waals surface area contributed by atoms with Crippen LogP contribution in [0.3, 0.4) is 0 Å². The van der Waals surface area contributed by atoms with E-state index in [1.165, 1.54) is 17.4 Å². The van der Waals surface area contributed by atoms with Crippen molar-refractivity contribution in [3.8, 4) is 0 Å². The van der Waals surface area contributed by atoms with Crippen LogP contribution in [-0.2, 0) is 16.1 Å². The number of carbonyl (C=O) groups excluding carboxylic acids is 2. The van der Waals surface area contributed by atoms with Crippen LogP contribution in [0.5, 0.6) is 0 Å². The number of rotatable bonds is 4. The van der Waals surface area contributed by atoms with Gasteiger partial charge in [-0.05, 0) is 43.3 Å². The molecular weight excluding hydrogens is 475 g/mol. The minimum absolute atomic E-state index is 0.0507. The number of fused-ring (bicyclic) bond motifs is 1. The topological polar surface area (TPSA) is 60.7 Å². The monoisotopic (exact) mass is 486 g/mol. The van der Waals surface area contributed by atoms with E-state index in [-0.39, 0.29) is 23.7 Å². The van der Waals surface area contributed by atoms with Gasteiger partial charge in [0.25, 0.3) is 5.91 Å². The number of halogens is 3. The number of esters is 1. The Kier molecular flexibility index (Phi) is 6.37. The van der Waals surface area contributed by atoms with E-state index in [1.807, 2.05) is 18.2 Å². The summed E-state index contributed by atoms with van der Waals surface area (Å²) in [6, 6.07) is 10.2. The van der Waals surface area contributed by atoms with Crippen molar-refractivity contribution < 1.29 is 14.3 Å². The molecule has 0 fully saturated rings. The Bertz CT molecular complexity index is 1110. The third kappa shape index (κ3) is 4.60. The maximum Gasteiger partial charge on any atom is 0.326 e. The zero-order valence-corrected chi connectivity index (χ0v) is 18.0. The highest BCUT2D eigenvalue weighted by Crippen LogP contribution is 2.24. The van der Waals surface area contributed by atoms with E-state index in [2.05, 4.69) is 20.9 Å². The predicted molar refractivity (Wildman–Crippen MR) is 111 cm³/mol. The van der Waals surface area contributed by atoms with Crippen LogP contribution in [0.15, 0.2) is 45.9 Å². The molecule has 3 rings (SSSR count). The number of nitrogens with zero attached hydrogens (tertiary/aromatic N) is 2. The smallest absolute Gasteiger partial charge is 0.326 e. The first kappa shape index (κ1) is 20.1. The van der Waals surface area contributed by atoms with E-state index in [4.69, 9.17) is 27.9 Å². The highest BCUT2D eigenvalue weighted by atomic mass is 79.9. The standard InChI is InChI=1S/C18H13BrCl2N2O3S/c1-2-26-16(24)9-23-14-6-3-10(19)7-15(14)27-18(23)22-17(25)12-8-11(20)4-5-13(12)21/h3-8H,2,9H2,1H3. The van der Waals surface area contributed by atoms with Gasteiger partial charge in [-0.1, -0.05) is 50.5 Å². The van der Waals surface area contributed by atoms with Gasteiger partial charge in [-0.2, -0.15) is 4.99 Å². The van der Waals surface area contributed by atoms with Crippen LogP contribution in [0, 0.1) is 0 Å². The number of benzene rings is 2. The van der Waals surface area contributed by atoms with E-state index in [1.54, 1.807) is 23.6 Å². The van der Waals surface area contributed by atoms with Gasteiger partial charge in [0.05, 0.1) is 27.4 Å². The molecule has 0 unspecified atom stereocenters. The summed E-state index contributed by atoms with van der Waals surface area (Å²) in [4.78, 5) is 29.2. The lowest BCUT2D eigenvalue weighted by Crippen LogP contribution is -2.23. The molecule has 0 radical (unpaired) electrons. The molecule has 140 valence electrons. The Morgan fingerprint density at radius 3 is 2.74 bits per heavy atom. The molecule has 5 nitrogen and oxygen atoms in total. The third-order valence-corrected chi connectivity index (χ3v) is 5.69. The van der Waals surface area contributed by atoms with Crippen molar-refractivity contribution in [1.29, 1.82) is 0 Å². The summed E-state index contributed by atoms with van der Waals surface area (Å²) in [5.74, 6) is -0.944. The van der Waals surface area contributed by atoms with Crippen molar-refractivity contribution in [3.63, 3.8) is 0 Å². The van der Waals surface area contributed by atoms with Crippen LogP contribution in [0.4, 0.5) is 0 Å². The van der Waals surface area contributed by atoms with E-state index in [9.17, 15) is 9.59 Å². The highest BCUT2D eigenvalue weighted by molar-refractivity contribution is 9.10. The summed E-state index contributed by atoms with van der Waals surface area (Å²) in [5, 5.41) is 0.645. The molecule has 0 saturated carbocycles. The van der Waals surface area contributed by atoms with Gasteiger partial charge in [0.1, 0.15) is 6.54 Å². The van der Waals surface area contributed by atoms with Gasteiger partial charge in [0, 0.05) is 9.50 Å². The van der Waals surface area contributed by atoms with E-state index in [0.29, 0.717) is 9.82 Å². The normalized spacial score (nSPS) is 11.8. The second kappa shape index (κ2) is 8.56. The molecule has 27 heavy (non-hydrogen) atoms. The molecule has 2 aromatic carbocycles. The Morgan fingerprint density at radius 2 is 2.00 bits per heavy atom. The molecule has 0 aliphatic heterocycles. The zero-order chi connectivity index (χ0) is 19.6. The van der Waals surface area contributed by atoms with Crippen LogP contribution in [-0.4, -0.2) is 23.1 Å². The number of ether oxygens (including phenoxy) is 1. The molecule has 9 heteroatoms. The molecule has 0 bridgehead atoms. The number of hydrogen-bond acceptors (Lipinski definition) is 4. The van der Waals surface area contributed by atoms with E-state index < -0.39 is 11.9 Å². The number of aromatic nitrogens is 1. The van der Waals surface area contributed by atoms with Crippen molar-refractivity contribution in [1.82, 2.24) is 4.57 Å². The van der Waals surface area contributed by atoms with Crippen LogP contribution in [0.1, 0.15) is 17.3 Å². The van der Waals surface area contributed by atoms with Gasteiger partial charge in [0.15, 0.2) is 4.80 Å². The lowest BCUT2D eigenvalue weighted by Gasteiger charge is -2.05. The van der Waals surface area contributed by atoms with Crippen molar-refractivity contribution in [2.45, 2.75) is 13.5 Å². The van der Waals surface area contributed by atoms with Crippen LogP contribution in [0.2, 0.25) is 10.0 Å². The highest BCUT2D eigenvalue weighted by Gasteiger charge is 2.15. The lowest BCUT2D eigenvalue weighted by atomic mass is 10.2. The fourth-order valence-electron chi connectivity index (χ4n) is 2.43. The van der Waals surface area contributed by atoms with Crippen LogP contribution in [0.25, 0.3) is 10.2 Å². The Balaban J connectivity index is 2.14. The first-order chi connectivity index (χ1) is 12.9. The first-order valence-corrected chi connectivity index (χ1v) is 10.2. The SMILES string of the molecule is CCOC(=O)Cn1c(=NC(=O)c2cc(Cl)ccc2Cl)sc2cc(Br)ccc21. The van der Waals surface area contributed by atoms with Crippen molar-refractivity contribution in [2.75, 3.05) is 6.61 Å². The number of amides is 1. The fourth-order valence-corrected chi connectivity index (χ4v) is 4.38. The molecule has 1 aromatic heterocycles. The number of thiazole rings is 1. The van der Waals surface area contributed by atoms with Crippen molar-refractivity contribution >= 4 is 72.6 Å². The number of hydrogen-bond donors (Lipinski definition) is 0. The van der Waals surface area contributed by atoms with Gasteiger partial charge in [-0.15, -0.1) is 0 Å². The second-order valence-corrected chi connectivity index (χ2v) is 8.20. The largest absolute Gasteiger partial charge is 0.465 e. The summed E-state index contributed by atoms with van der Waals surface area (Å²) >= 11 is 16.8.